The summed E-state index contributed by atoms with van der Waals surface area (Å²) < 4.78 is 11.2. The van der Waals surface area contributed by atoms with Crippen molar-refractivity contribution in [1.29, 1.82) is 0 Å². The summed E-state index contributed by atoms with van der Waals surface area (Å²) in [6.07, 6.45) is 7.43. The molecule has 0 spiro atoms. The Labute approximate surface area is 151 Å². The number of rotatable bonds is 5. The van der Waals surface area contributed by atoms with E-state index in [4.69, 9.17) is 9.47 Å². The fraction of sp³-hybridized carbons (Fsp3) is 0.619. The second-order valence-corrected chi connectivity index (χ2v) is 7.15. The fourth-order valence-electron chi connectivity index (χ4n) is 3.71. The van der Waals surface area contributed by atoms with E-state index in [1.165, 1.54) is 37.9 Å². The smallest absolute Gasteiger partial charge is 0.162 e. The molecule has 1 aromatic carbocycles. The summed E-state index contributed by atoms with van der Waals surface area (Å²) in [7, 11) is 1.65. The van der Waals surface area contributed by atoms with Gasteiger partial charge in [0.2, 0.25) is 0 Å². The molecule has 0 amide bonds. The summed E-state index contributed by atoms with van der Waals surface area (Å²) in [6.45, 7) is 3.57. The van der Waals surface area contributed by atoms with Crippen molar-refractivity contribution in [3.8, 4) is 23.3 Å². The molecule has 0 aromatic heterocycles. The second kappa shape index (κ2) is 8.60. The summed E-state index contributed by atoms with van der Waals surface area (Å²) in [5, 5.41) is 10.4. The van der Waals surface area contributed by atoms with Crippen LogP contribution in [0.5, 0.6) is 11.5 Å². The van der Waals surface area contributed by atoms with Gasteiger partial charge < -0.3 is 14.6 Å². The summed E-state index contributed by atoms with van der Waals surface area (Å²) in [4.78, 5) is 2.46. The summed E-state index contributed by atoms with van der Waals surface area (Å²) >= 11 is 0. The first-order valence-electron chi connectivity index (χ1n) is 9.43. The first kappa shape index (κ1) is 18.1. The molecule has 2 aliphatic rings. The molecule has 1 heterocycles. The maximum absolute atomic E-state index is 10.4. The van der Waals surface area contributed by atoms with Crippen molar-refractivity contribution >= 4 is 0 Å². The maximum atomic E-state index is 10.4. The van der Waals surface area contributed by atoms with Crippen LogP contribution < -0.4 is 9.47 Å². The Kier molecular flexibility index (Phi) is 6.23. The molecule has 136 valence electrons. The zero-order valence-electron chi connectivity index (χ0n) is 15.2. The summed E-state index contributed by atoms with van der Waals surface area (Å²) in [5.41, 5.74) is 0.417. The van der Waals surface area contributed by atoms with Crippen molar-refractivity contribution in [3.05, 3.63) is 23.8 Å². The molecule has 0 bridgehead atoms. The molecule has 1 saturated carbocycles. The van der Waals surface area contributed by atoms with Gasteiger partial charge in [-0.1, -0.05) is 24.3 Å². The number of likely N-dealkylation sites (tertiary alicyclic amines) is 1. The molecule has 0 radical (unpaired) electrons. The highest BCUT2D eigenvalue weighted by Gasteiger charge is 2.26. The van der Waals surface area contributed by atoms with Crippen LogP contribution in [0.2, 0.25) is 0 Å². The van der Waals surface area contributed by atoms with Gasteiger partial charge in [0.1, 0.15) is 12.2 Å². The normalized spacial score (nSPS) is 19.9. The van der Waals surface area contributed by atoms with E-state index < -0.39 is 5.60 Å². The SMILES string of the molecule is COc1ccc(CN2CCCC2)cc1OCC#CC1(O)CCCCC1. The number of benzene rings is 1. The van der Waals surface area contributed by atoms with Crippen molar-refractivity contribution < 1.29 is 14.6 Å². The van der Waals surface area contributed by atoms with Crippen LogP contribution in [0.4, 0.5) is 0 Å². The molecule has 25 heavy (non-hydrogen) atoms. The third kappa shape index (κ3) is 5.14. The molecule has 1 aliphatic heterocycles. The van der Waals surface area contributed by atoms with Crippen molar-refractivity contribution in [3.63, 3.8) is 0 Å². The average Bonchev–Trinajstić information content (AvgIpc) is 3.13. The van der Waals surface area contributed by atoms with Gasteiger partial charge >= 0.3 is 0 Å². The lowest BCUT2D eigenvalue weighted by Crippen LogP contribution is -2.29. The van der Waals surface area contributed by atoms with Crippen molar-refractivity contribution in [2.45, 2.75) is 57.1 Å². The Balaban J connectivity index is 1.60. The molecule has 4 heteroatoms. The molecule has 2 fully saturated rings. The Morgan fingerprint density at radius 3 is 2.56 bits per heavy atom. The molecule has 3 rings (SSSR count). The molecule has 1 N–H and O–H groups in total. The summed E-state index contributed by atoms with van der Waals surface area (Å²) in [5.74, 6) is 7.46. The molecule has 0 atom stereocenters. The van der Waals surface area contributed by atoms with Gasteiger partial charge in [0, 0.05) is 6.54 Å². The van der Waals surface area contributed by atoms with E-state index in [9.17, 15) is 5.11 Å². The first-order chi connectivity index (χ1) is 12.2. The molecule has 4 nitrogen and oxygen atoms in total. The molecular formula is C21H29NO3. The molecule has 1 aromatic rings. The molecular weight excluding hydrogens is 314 g/mol. The Hall–Kier alpha value is -1.70. The Morgan fingerprint density at radius 2 is 1.84 bits per heavy atom. The van der Waals surface area contributed by atoms with Crippen LogP contribution in [0.1, 0.15) is 50.5 Å². The second-order valence-electron chi connectivity index (χ2n) is 7.15. The lowest BCUT2D eigenvalue weighted by molar-refractivity contribution is 0.0608. The monoisotopic (exact) mass is 343 g/mol. The quantitative estimate of drug-likeness (QED) is 0.833. The van der Waals surface area contributed by atoms with E-state index in [0.717, 1.165) is 43.7 Å². The van der Waals surface area contributed by atoms with Crippen LogP contribution in [0.15, 0.2) is 18.2 Å². The number of methoxy groups -OCH3 is 1. The van der Waals surface area contributed by atoms with Gasteiger partial charge in [0.25, 0.3) is 0 Å². The lowest BCUT2D eigenvalue weighted by Gasteiger charge is -2.26. The van der Waals surface area contributed by atoms with Crippen LogP contribution in [0.25, 0.3) is 0 Å². The van der Waals surface area contributed by atoms with E-state index in [1.807, 2.05) is 12.1 Å². The predicted octanol–water partition coefficient (Wildman–Crippen LogP) is 3.37. The van der Waals surface area contributed by atoms with Crippen LogP contribution in [-0.2, 0) is 6.54 Å². The number of nitrogens with zero attached hydrogens (tertiary/aromatic N) is 1. The minimum atomic E-state index is -0.816. The molecule has 0 unspecified atom stereocenters. The van der Waals surface area contributed by atoms with E-state index in [-0.39, 0.29) is 6.61 Å². The van der Waals surface area contributed by atoms with Gasteiger partial charge in [0.05, 0.1) is 7.11 Å². The van der Waals surface area contributed by atoms with Gasteiger partial charge in [-0.2, -0.15) is 0 Å². The zero-order valence-corrected chi connectivity index (χ0v) is 15.2. The highest BCUT2D eigenvalue weighted by Crippen LogP contribution is 2.29. The Morgan fingerprint density at radius 1 is 1.08 bits per heavy atom. The fourth-order valence-corrected chi connectivity index (χ4v) is 3.71. The van der Waals surface area contributed by atoms with Gasteiger partial charge in [0.15, 0.2) is 11.5 Å². The molecule has 1 aliphatic carbocycles. The highest BCUT2D eigenvalue weighted by atomic mass is 16.5. The van der Waals surface area contributed by atoms with E-state index in [0.29, 0.717) is 0 Å². The van der Waals surface area contributed by atoms with Crippen molar-refractivity contribution in [2.75, 3.05) is 26.8 Å². The average molecular weight is 343 g/mol. The van der Waals surface area contributed by atoms with Crippen molar-refractivity contribution in [2.24, 2.45) is 0 Å². The number of ether oxygens (including phenoxy) is 2. The van der Waals surface area contributed by atoms with Crippen LogP contribution in [0.3, 0.4) is 0 Å². The van der Waals surface area contributed by atoms with Crippen LogP contribution >= 0.6 is 0 Å². The minimum absolute atomic E-state index is 0.270. The predicted molar refractivity (Wildman–Crippen MR) is 98.8 cm³/mol. The first-order valence-corrected chi connectivity index (χ1v) is 9.43. The van der Waals surface area contributed by atoms with Crippen molar-refractivity contribution in [1.82, 2.24) is 4.90 Å². The van der Waals surface area contributed by atoms with Gasteiger partial charge in [-0.15, -0.1) is 0 Å². The third-order valence-electron chi connectivity index (χ3n) is 5.13. The van der Waals surface area contributed by atoms with E-state index in [2.05, 4.69) is 22.8 Å². The lowest BCUT2D eigenvalue weighted by atomic mass is 9.85. The highest BCUT2D eigenvalue weighted by molar-refractivity contribution is 5.43. The number of aliphatic hydroxyl groups is 1. The van der Waals surface area contributed by atoms with Gasteiger partial charge in [-0.05, 0) is 69.3 Å². The van der Waals surface area contributed by atoms with Crippen LogP contribution in [-0.4, -0.2) is 42.4 Å². The van der Waals surface area contributed by atoms with E-state index >= 15 is 0 Å². The van der Waals surface area contributed by atoms with Gasteiger partial charge in [-0.25, -0.2) is 0 Å². The third-order valence-corrected chi connectivity index (χ3v) is 5.13. The van der Waals surface area contributed by atoms with Crippen LogP contribution in [0, 0.1) is 11.8 Å². The molecule has 1 saturated heterocycles. The number of hydrogen-bond acceptors (Lipinski definition) is 4. The number of hydrogen-bond donors (Lipinski definition) is 1. The maximum Gasteiger partial charge on any atom is 0.162 e. The summed E-state index contributed by atoms with van der Waals surface area (Å²) in [6, 6.07) is 6.11. The Bertz CT molecular complexity index is 620. The topological polar surface area (TPSA) is 41.9 Å². The largest absolute Gasteiger partial charge is 0.493 e. The standard InChI is InChI=1S/C21H29NO3/c1-24-19-9-8-18(17-22-13-5-6-14-22)16-20(19)25-15-7-12-21(23)10-3-2-4-11-21/h8-9,16,23H,2-6,10-11,13-15,17H2,1H3. The van der Waals surface area contributed by atoms with Gasteiger partial charge in [-0.3, -0.25) is 4.90 Å². The zero-order chi connectivity index (χ0) is 17.5. The minimum Gasteiger partial charge on any atom is -0.493 e. The van der Waals surface area contributed by atoms with E-state index in [1.54, 1.807) is 7.11 Å².